The summed E-state index contributed by atoms with van der Waals surface area (Å²) in [6.07, 6.45) is 3.41. The van der Waals surface area contributed by atoms with E-state index in [-0.39, 0.29) is 0 Å². The molecular formula is C23H24ClN3O2. The highest BCUT2D eigenvalue weighted by Crippen LogP contribution is 2.44. The molecule has 0 amide bonds. The molecular weight excluding hydrogens is 386 g/mol. The Kier molecular flexibility index (Phi) is 5.14. The number of anilines is 2. The predicted molar refractivity (Wildman–Crippen MR) is 117 cm³/mol. The Labute approximate surface area is 176 Å². The summed E-state index contributed by atoms with van der Waals surface area (Å²) < 4.78 is 0. The molecule has 2 aliphatic rings. The lowest BCUT2D eigenvalue weighted by atomic mass is 9.77. The first kappa shape index (κ1) is 19.6. The smallest absolute Gasteiger partial charge is 0.335 e. The van der Waals surface area contributed by atoms with Gasteiger partial charge in [-0.15, -0.1) is 0 Å². The van der Waals surface area contributed by atoms with Crippen molar-refractivity contribution in [2.75, 3.05) is 36.0 Å². The second-order valence-electron chi connectivity index (χ2n) is 8.17. The Morgan fingerprint density at radius 2 is 1.69 bits per heavy atom. The molecule has 0 atom stereocenters. The number of rotatable bonds is 3. The van der Waals surface area contributed by atoms with Crippen LogP contribution in [-0.2, 0) is 0 Å². The first-order valence-corrected chi connectivity index (χ1v) is 10.3. The molecule has 0 aliphatic carbocycles. The summed E-state index contributed by atoms with van der Waals surface area (Å²) in [5, 5.41) is 9.64. The largest absolute Gasteiger partial charge is 0.478 e. The van der Waals surface area contributed by atoms with Crippen LogP contribution in [0.2, 0.25) is 5.02 Å². The topological polar surface area (TPSA) is 48.1 Å². The van der Waals surface area contributed by atoms with Gasteiger partial charge in [0, 0.05) is 37.6 Å². The lowest BCUT2D eigenvalue weighted by Gasteiger charge is -2.40. The van der Waals surface area contributed by atoms with Gasteiger partial charge in [-0.25, -0.2) is 9.64 Å². The first-order valence-electron chi connectivity index (χ1n) is 9.92. The maximum Gasteiger partial charge on any atom is 0.335 e. The molecule has 0 saturated carbocycles. The zero-order valence-corrected chi connectivity index (χ0v) is 17.2. The van der Waals surface area contributed by atoms with E-state index in [0.29, 0.717) is 21.7 Å². The van der Waals surface area contributed by atoms with E-state index in [1.54, 1.807) is 12.1 Å². The lowest BCUT2D eigenvalue weighted by molar-refractivity contribution is 0.0697. The minimum atomic E-state index is -0.889. The van der Waals surface area contributed by atoms with Crippen molar-refractivity contribution in [2.24, 2.45) is 5.41 Å². The molecule has 2 fully saturated rings. The summed E-state index contributed by atoms with van der Waals surface area (Å²) in [5.41, 5.74) is 4.39. The number of piperidine rings is 1. The van der Waals surface area contributed by atoms with Gasteiger partial charge in [0.25, 0.3) is 0 Å². The molecule has 29 heavy (non-hydrogen) atoms. The molecule has 2 aromatic rings. The minimum absolute atomic E-state index is 0.314. The Hall–Kier alpha value is -2.71. The average Bonchev–Trinajstić information content (AvgIpc) is 3.14. The summed E-state index contributed by atoms with van der Waals surface area (Å²) in [6, 6.07) is 11.0. The monoisotopic (exact) mass is 409 g/mol. The van der Waals surface area contributed by atoms with Crippen molar-refractivity contribution in [3.05, 3.63) is 64.0 Å². The van der Waals surface area contributed by atoms with Gasteiger partial charge in [0.05, 0.1) is 17.2 Å². The van der Waals surface area contributed by atoms with Crippen molar-refractivity contribution in [3.8, 4) is 0 Å². The van der Waals surface area contributed by atoms with E-state index in [2.05, 4.69) is 14.6 Å². The van der Waals surface area contributed by atoms with Crippen molar-refractivity contribution in [2.45, 2.75) is 26.2 Å². The van der Waals surface area contributed by atoms with E-state index < -0.39 is 5.97 Å². The van der Waals surface area contributed by atoms with Gasteiger partial charge in [-0.2, -0.15) is 0 Å². The van der Waals surface area contributed by atoms with Crippen LogP contribution < -0.4 is 9.80 Å². The van der Waals surface area contributed by atoms with Crippen LogP contribution in [0.4, 0.5) is 17.1 Å². The van der Waals surface area contributed by atoms with Crippen molar-refractivity contribution in [1.29, 1.82) is 0 Å². The fraction of sp³-hybridized carbons (Fsp3) is 0.391. The van der Waals surface area contributed by atoms with Crippen LogP contribution in [0.1, 0.15) is 35.2 Å². The summed E-state index contributed by atoms with van der Waals surface area (Å²) >= 11 is 6.39. The van der Waals surface area contributed by atoms with Crippen LogP contribution in [0.25, 0.3) is 4.85 Å². The Balaban J connectivity index is 1.43. The third-order valence-electron chi connectivity index (χ3n) is 6.54. The Morgan fingerprint density at radius 1 is 1.07 bits per heavy atom. The van der Waals surface area contributed by atoms with E-state index in [1.165, 1.54) is 6.42 Å². The number of carbonyl (C=O) groups is 1. The molecule has 6 heteroatoms. The van der Waals surface area contributed by atoms with Crippen LogP contribution in [-0.4, -0.2) is 37.3 Å². The molecule has 4 rings (SSSR count). The van der Waals surface area contributed by atoms with Gasteiger partial charge in [0.2, 0.25) is 5.69 Å². The average molecular weight is 410 g/mol. The molecule has 5 nitrogen and oxygen atoms in total. The maximum absolute atomic E-state index is 11.0. The molecule has 150 valence electrons. The molecule has 1 N–H and O–H groups in total. The molecule has 0 unspecified atom stereocenters. The highest BCUT2D eigenvalue weighted by Gasteiger charge is 2.41. The summed E-state index contributed by atoms with van der Waals surface area (Å²) in [6.45, 7) is 13.2. The summed E-state index contributed by atoms with van der Waals surface area (Å²) in [4.78, 5) is 19.3. The number of hydrogen-bond acceptors (Lipinski definition) is 3. The molecule has 0 bridgehead atoms. The third-order valence-corrected chi connectivity index (χ3v) is 7.02. The zero-order valence-electron chi connectivity index (χ0n) is 16.5. The van der Waals surface area contributed by atoms with Gasteiger partial charge in [0.15, 0.2) is 0 Å². The normalized spacial score (nSPS) is 18.1. The van der Waals surface area contributed by atoms with Crippen LogP contribution in [0.15, 0.2) is 36.4 Å². The third kappa shape index (κ3) is 3.65. The van der Waals surface area contributed by atoms with E-state index in [1.807, 2.05) is 31.2 Å². The highest BCUT2D eigenvalue weighted by atomic mass is 35.5. The molecule has 2 aliphatic heterocycles. The number of nitrogens with zero attached hydrogens (tertiary/aromatic N) is 3. The molecule has 0 aromatic heterocycles. The number of aromatic carboxylic acids is 1. The summed E-state index contributed by atoms with van der Waals surface area (Å²) in [5.74, 6) is -0.889. The van der Waals surface area contributed by atoms with E-state index in [9.17, 15) is 4.79 Å². The van der Waals surface area contributed by atoms with Gasteiger partial charge in [0.1, 0.15) is 0 Å². The lowest BCUT2D eigenvalue weighted by Crippen LogP contribution is -2.41. The van der Waals surface area contributed by atoms with Gasteiger partial charge < -0.3 is 14.9 Å². The fourth-order valence-electron chi connectivity index (χ4n) is 4.69. The van der Waals surface area contributed by atoms with Crippen LogP contribution in [0.3, 0.4) is 0 Å². The van der Waals surface area contributed by atoms with Gasteiger partial charge in [-0.05, 0) is 67.5 Å². The van der Waals surface area contributed by atoms with E-state index >= 15 is 0 Å². The van der Waals surface area contributed by atoms with Crippen molar-refractivity contribution in [3.63, 3.8) is 0 Å². The summed E-state index contributed by atoms with van der Waals surface area (Å²) in [7, 11) is 0. The minimum Gasteiger partial charge on any atom is -0.478 e. The predicted octanol–water partition coefficient (Wildman–Crippen LogP) is 5.39. The standard InChI is InChI=1S/C23H24ClN3O2/c1-16-20(8-7-19(25-2)21(16)24)27-14-11-23(15-27)9-12-26(13-10-23)18-5-3-17(4-6-18)22(28)29/h3-8H,9-15H2,1H3,(H,28,29). The van der Waals surface area contributed by atoms with E-state index in [0.717, 1.165) is 56.0 Å². The number of halogens is 1. The molecule has 2 aromatic carbocycles. The van der Waals surface area contributed by atoms with Crippen molar-refractivity contribution >= 4 is 34.6 Å². The van der Waals surface area contributed by atoms with Gasteiger partial charge >= 0.3 is 5.97 Å². The molecule has 1 spiro atoms. The van der Waals surface area contributed by atoms with Crippen molar-refractivity contribution in [1.82, 2.24) is 0 Å². The SMILES string of the molecule is [C-]#[N+]c1ccc(N2CCC3(CCN(c4ccc(C(=O)O)cc4)CC3)C2)c(C)c1Cl. The maximum atomic E-state index is 11.0. The van der Waals surface area contributed by atoms with Crippen LogP contribution >= 0.6 is 11.6 Å². The first-order chi connectivity index (χ1) is 13.9. The van der Waals surface area contributed by atoms with Crippen LogP contribution in [0.5, 0.6) is 0 Å². The molecule has 2 heterocycles. The number of carboxylic acid groups (broad SMARTS) is 1. The fourth-order valence-corrected chi connectivity index (χ4v) is 4.89. The second kappa shape index (κ2) is 7.61. The molecule has 0 radical (unpaired) electrons. The highest BCUT2D eigenvalue weighted by molar-refractivity contribution is 6.34. The Morgan fingerprint density at radius 3 is 2.28 bits per heavy atom. The van der Waals surface area contributed by atoms with Crippen molar-refractivity contribution < 1.29 is 9.90 Å². The number of hydrogen-bond donors (Lipinski definition) is 1. The second-order valence-corrected chi connectivity index (χ2v) is 8.54. The van der Waals surface area contributed by atoms with Gasteiger partial charge in [-0.3, -0.25) is 0 Å². The van der Waals surface area contributed by atoms with Gasteiger partial charge in [-0.1, -0.05) is 17.7 Å². The van der Waals surface area contributed by atoms with E-state index in [4.69, 9.17) is 23.3 Å². The molecule has 2 saturated heterocycles. The number of benzene rings is 2. The van der Waals surface area contributed by atoms with Crippen LogP contribution in [0, 0.1) is 18.9 Å². The Bertz CT molecular complexity index is 973. The zero-order chi connectivity index (χ0) is 20.6. The number of carboxylic acids is 1. The quantitative estimate of drug-likeness (QED) is 0.690.